The zero-order valence-corrected chi connectivity index (χ0v) is 10.1. The van der Waals surface area contributed by atoms with E-state index in [1.807, 2.05) is 24.3 Å². The number of benzene rings is 1. The number of rotatable bonds is 3. The van der Waals surface area contributed by atoms with Crippen LogP contribution in [0.4, 0.5) is 0 Å². The standard InChI is InChI=1S/C13H18N2O2/c1-16-12-4-2-3-11(9-12)10-13(14)15-5-7-17-8-6-15/h2-4,9,14H,5-8,10H2,1H3. The van der Waals surface area contributed by atoms with Gasteiger partial charge in [-0.1, -0.05) is 12.1 Å². The van der Waals surface area contributed by atoms with E-state index < -0.39 is 0 Å². The SMILES string of the molecule is COc1cccc(CC(=N)N2CCOCC2)c1. The summed E-state index contributed by atoms with van der Waals surface area (Å²) in [6, 6.07) is 7.88. The molecule has 0 unspecified atom stereocenters. The van der Waals surface area contributed by atoms with Crippen molar-refractivity contribution in [2.45, 2.75) is 6.42 Å². The Morgan fingerprint density at radius 1 is 1.41 bits per heavy atom. The van der Waals surface area contributed by atoms with E-state index in [1.54, 1.807) is 7.11 Å². The van der Waals surface area contributed by atoms with Gasteiger partial charge in [-0.05, 0) is 17.7 Å². The van der Waals surface area contributed by atoms with E-state index in [2.05, 4.69) is 4.90 Å². The molecule has 0 bridgehead atoms. The molecule has 1 aliphatic rings. The van der Waals surface area contributed by atoms with Crippen molar-refractivity contribution in [2.24, 2.45) is 0 Å². The van der Waals surface area contributed by atoms with Gasteiger partial charge in [-0.2, -0.15) is 0 Å². The molecule has 0 atom stereocenters. The Morgan fingerprint density at radius 2 is 2.18 bits per heavy atom. The lowest BCUT2D eigenvalue weighted by Gasteiger charge is -2.29. The van der Waals surface area contributed by atoms with Crippen molar-refractivity contribution in [2.75, 3.05) is 33.4 Å². The van der Waals surface area contributed by atoms with E-state index in [4.69, 9.17) is 14.9 Å². The fourth-order valence-corrected chi connectivity index (χ4v) is 1.92. The molecule has 1 aliphatic heterocycles. The van der Waals surface area contributed by atoms with Crippen LogP contribution in [0, 0.1) is 5.41 Å². The second-order valence-corrected chi connectivity index (χ2v) is 4.07. The summed E-state index contributed by atoms with van der Waals surface area (Å²) in [7, 11) is 1.66. The molecular formula is C13H18N2O2. The highest BCUT2D eigenvalue weighted by Crippen LogP contribution is 2.14. The lowest BCUT2D eigenvalue weighted by Crippen LogP contribution is -2.41. The van der Waals surface area contributed by atoms with Crippen LogP contribution < -0.4 is 4.74 Å². The molecule has 2 rings (SSSR count). The number of ether oxygens (including phenoxy) is 2. The van der Waals surface area contributed by atoms with E-state index in [9.17, 15) is 0 Å². The second-order valence-electron chi connectivity index (χ2n) is 4.07. The van der Waals surface area contributed by atoms with Gasteiger partial charge in [0.15, 0.2) is 0 Å². The predicted octanol–water partition coefficient (Wildman–Crippen LogP) is 1.55. The molecule has 4 heteroatoms. The van der Waals surface area contributed by atoms with Crippen molar-refractivity contribution >= 4 is 5.84 Å². The molecule has 0 saturated carbocycles. The fourth-order valence-electron chi connectivity index (χ4n) is 1.92. The Morgan fingerprint density at radius 3 is 2.88 bits per heavy atom. The van der Waals surface area contributed by atoms with Gasteiger partial charge in [0.05, 0.1) is 20.3 Å². The van der Waals surface area contributed by atoms with Crippen LogP contribution in [0.25, 0.3) is 0 Å². The van der Waals surface area contributed by atoms with Crippen LogP contribution in [0.1, 0.15) is 5.56 Å². The first kappa shape index (κ1) is 11.9. The smallest absolute Gasteiger partial charge is 0.119 e. The summed E-state index contributed by atoms with van der Waals surface area (Å²) in [5, 5.41) is 8.08. The summed E-state index contributed by atoms with van der Waals surface area (Å²) < 4.78 is 10.5. The van der Waals surface area contributed by atoms with Crippen molar-refractivity contribution in [1.82, 2.24) is 4.90 Å². The Balaban J connectivity index is 1.96. The Labute approximate surface area is 102 Å². The third-order valence-electron chi connectivity index (χ3n) is 2.90. The van der Waals surface area contributed by atoms with E-state index >= 15 is 0 Å². The number of methoxy groups -OCH3 is 1. The molecule has 0 aliphatic carbocycles. The second kappa shape index (κ2) is 5.68. The predicted molar refractivity (Wildman–Crippen MR) is 66.8 cm³/mol. The van der Waals surface area contributed by atoms with E-state index in [0.29, 0.717) is 12.3 Å². The van der Waals surface area contributed by atoms with Gasteiger partial charge >= 0.3 is 0 Å². The zero-order valence-electron chi connectivity index (χ0n) is 10.1. The topological polar surface area (TPSA) is 45.5 Å². The van der Waals surface area contributed by atoms with E-state index in [-0.39, 0.29) is 0 Å². The van der Waals surface area contributed by atoms with Crippen molar-refractivity contribution in [3.05, 3.63) is 29.8 Å². The van der Waals surface area contributed by atoms with Gasteiger partial charge < -0.3 is 14.4 Å². The van der Waals surface area contributed by atoms with Crippen molar-refractivity contribution < 1.29 is 9.47 Å². The highest BCUT2D eigenvalue weighted by Gasteiger charge is 2.13. The average Bonchev–Trinajstić information content (AvgIpc) is 2.40. The summed E-state index contributed by atoms with van der Waals surface area (Å²) in [6.07, 6.45) is 0.650. The molecule has 92 valence electrons. The summed E-state index contributed by atoms with van der Waals surface area (Å²) in [6.45, 7) is 3.09. The molecule has 4 nitrogen and oxygen atoms in total. The van der Waals surface area contributed by atoms with Crippen LogP contribution >= 0.6 is 0 Å². The van der Waals surface area contributed by atoms with Crippen LogP contribution in [0.2, 0.25) is 0 Å². The lowest BCUT2D eigenvalue weighted by molar-refractivity contribution is 0.0670. The highest BCUT2D eigenvalue weighted by atomic mass is 16.5. The first-order chi connectivity index (χ1) is 8.29. The van der Waals surface area contributed by atoms with Crippen molar-refractivity contribution in [1.29, 1.82) is 5.41 Å². The van der Waals surface area contributed by atoms with E-state index in [0.717, 1.165) is 37.6 Å². The van der Waals surface area contributed by atoms with Gasteiger partial charge in [0.2, 0.25) is 0 Å². The number of morpholine rings is 1. The molecule has 1 fully saturated rings. The molecule has 0 aromatic heterocycles. The number of hydrogen-bond donors (Lipinski definition) is 1. The van der Waals surface area contributed by atoms with Gasteiger partial charge in [-0.25, -0.2) is 0 Å². The molecule has 1 saturated heterocycles. The summed E-state index contributed by atoms with van der Waals surface area (Å²) in [5.41, 5.74) is 1.11. The molecule has 1 aromatic carbocycles. The molecule has 1 N–H and O–H groups in total. The van der Waals surface area contributed by atoms with Crippen LogP contribution in [-0.4, -0.2) is 44.1 Å². The maximum Gasteiger partial charge on any atom is 0.119 e. The van der Waals surface area contributed by atoms with Crippen LogP contribution in [0.3, 0.4) is 0 Å². The summed E-state index contributed by atoms with van der Waals surface area (Å²) in [5.74, 6) is 1.50. The third kappa shape index (κ3) is 3.20. The normalized spacial score (nSPS) is 15.7. The van der Waals surface area contributed by atoms with Crippen LogP contribution in [-0.2, 0) is 11.2 Å². The summed E-state index contributed by atoms with van der Waals surface area (Å²) >= 11 is 0. The van der Waals surface area contributed by atoms with Gasteiger partial charge in [0.1, 0.15) is 11.6 Å². The minimum atomic E-state index is 0.650. The van der Waals surface area contributed by atoms with Crippen LogP contribution in [0.5, 0.6) is 5.75 Å². The van der Waals surface area contributed by atoms with Gasteiger partial charge in [0.25, 0.3) is 0 Å². The maximum atomic E-state index is 8.08. The average molecular weight is 234 g/mol. The quantitative estimate of drug-likeness (QED) is 0.637. The monoisotopic (exact) mass is 234 g/mol. The Kier molecular flexibility index (Phi) is 3.98. The molecule has 0 spiro atoms. The van der Waals surface area contributed by atoms with Crippen molar-refractivity contribution in [3.8, 4) is 5.75 Å². The first-order valence-corrected chi connectivity index (χ1v) is 5.82. The third-order valence-corrected chi connectivity index (χ3v) is 2.90. The summed E-state index contributed by atoms with van der Waals surface area (Å²) in [4.78, 5) is 2.07. The first-order valence-electron chi connectivity index (χ1n) is 5.82. The number of amidine groups is 1. The van der Waals surface area contributed by atoms with Gasteiger partial charge in [-0.15, -0.1) is 0 Å². The molecular weight excluding hydrogens is 216 g/mol. The van der Waals surface area contributed by atoms with Crippen molar-refractivity contribution in [3.63, 3.8) is 0 Å². The number of hydrogen-bond acceptors (Lipinski definition) is 3. The number of nitrogens with zero attached hydrogens (tertiary/aromatic N) is 1. The highest BCUT2D eigenvalue weighted by molar-refractivity contribution is 5.81. The minimum Gasteiger partial charge on any atom is -0.497 e. The Hall–Kier alpha value is -1.55. The molecule has 0 amide bonds. The van der Waals surface area contributed by atoms with Crippen LogP contribution in [0.15, 0.2) is 24.3 Å². The minimum absolute atomic E-state index is 0.650. The zero-order chi connectivity index (χ0) is 12.1. The molecule has 1 heterocycles. The lowest BCUT2D eigenvalue weighted by atomic mass is 10.1. The Bertz CT molecular complexity index is 387. The maximum absolute atomic E-state index is 8.08. The van der Waals surface area contributed by atoms with Gasteiger partial charge in [-0.3, -0.25) is 5.41 Å². The van der Waals surface area contributed by atoms with E-state index in [1.165, 1.54) is 0 Å². The fraction of sp³-hybridized carbons (Fsp3) is 0.462. The number of nitrogens with one attached hydrogen (secondary N) is 1. The van der Waals surface area contributed by atoms with Gasteiger partial charge in [0, 0.05) is 19.5 Å². The largest absolute Gasteiger partial charge is 0.497 e. The molecule has 1 aromatic rings. The molecule has 0 radical (unpaired) electrons. The molecule has 17 heavy (non-hydrogen) atoms.